The zero-order valence-corrected chi connectivity index (χ0v) is 16.3. The first-order valence-electron chi connectivity index (χ1n) is 9.56. The van der Waals surface area contributed by atoms with Gasteiger partial charge in [0.15, 0.2) is 5.96 Å². The van der Waals surface area contributed by atoms with Crippen LogP contribution in [-0.2, 0) is 13.6 Å². The Morgan fingerprint density at radius 1 is 1.46 bits per heavy atom. The Bertz CT molecular complexity index is 868. The summed E-state index contributed by atoms with van der Waals surface area (Å²) in [5.41, 5.74) is 1.96. The summed E-state index contributed by atoms with van der Waals surface area (Å²) in [5.74, 6) is 0.307. The monoisotopic (exact) mass is 383 g/mol. The lowest BCUT2D eigenvalue weighted by molar-refractivity contribution is 0.468. The second-order valence-corrected chi connectivity index (χ2v) is 6.91. The van der Waals surface area contributed by atoms with Crippen LogP contribution < -0.4 is 15.5 Å². The molecule has 1 aromatic carbocycles. The molecule has 0 spiro atoms. The highest BCUT2D eigenvalue weighted by Crippen LogP contribution is 2.19. The lowest BCUT2D eigenvalue weighted by Crippen LogP contribution is -2.51. The highest BCUT2D eigenvalue weighted by molar-refractivity contribution is 5.80. The molecule has 148 valence electrons. The molecule has 0 bridgehead atoms. The van der Waals surface area contributed by atoms with E-state index < -0.39 is 0 Å². The minimum atomic E-state index is -0.348. The molecule has 2 heterocycles. The number of guanidine groups is 1. The number of nitrogens with zero attached hydrogens (tertiary/aromatic N) is 5. The summed E-state index contributed by atoms with van der Waals surface area (Å²) < 4.78 is 15.8. The number of benzene rings is 1. The minimum absolute atomic E-state index is 0.176. The van der Waals surface area contributed by atoms with Crippen molar-refractivity contribution in [2.75, 3.05) is 24.5 Å². The van der Waals surface area contributed by atoms with Gasteiger partial charge in [0.1, 0.15) is 5.82 Å². The highest BCUT2D eigenvalue weighted by Gasteiger charge is 2.21. The van der Waals surface area contributed by atoms with Crippen molar-refractivity contribution in [1.82, 2.24) is 20.4 Å². The van der Waals surface area contributed by atoms with E-state index in [4.69, 9.17) is 5.26 Å². The van der Waals surface area contributed by atoms with E-state index in [1.807, 2.05) is 37.1 Å². The van der Waals surface area contributed by atoms with Gasteiger partial charge in [0.2, 0.25) is 0 Å². The Kier molecular flexibility index (Phi) is 6.48. The Morgan fingerprint density at radius 3 is 3.04 bits per heavy atom. The van der Waals surface area contributed by atoms with E-state index in [9.17, 15) is 4.39 Å². The third-order valence-corrected chi connectivity index (χ3v) is 4.75. The van der Waals surface area contributed by atoms with E-state index in [0.29, 0.717) is 23.6 Å². The molecule has 8 heteroatoms. The standard InChI is InChI=1S/C20H26FN7/c1-3-23-20(24-11-16-9-15(10-22)6-7-19(16)21)26-17-5-4-8-28(13-17)18-12-25-27(2)14-18/h6-7,9,12,14,17H,3-5,8,11,13H2,1-2H3,(H2,23,24,26). The molecule has 0 aliphatic carbocycles. The lowest BCUT2D eigenvalue weighted by Gasteiger charge is -2.34. The number of hydrogen-bond donors (Lipinski definition) is 2. The number of aromatic nitrogens is 2. The number of nitriles is 1. The SMILES string of the molecule is CCNC(=NCc1cc(C#N)ccc1F)NC1CCCN(c2cnn(C)c2)C1. The summed E-state index contributed by atoms with van der Waals surface area (Å²) in [6.45, 7) is 4.75. The predicted octanol–water partition coefficient (Wildman–Crippen LogP) is 2.15. The van der Waals surface area contributed by atoms with E-state index in [0.717, 1.165) is 31.6 Å². The number of halogens is 1. The fraction of sp³-hybridized carbons (Fsp3) is 0.450. The number of aryl methyl sites for hydroxylation is 1. The fourth-order valence-corrected chi connectivity index (χ4v) is 3.34. The minimum Gasteiger partial charge on any atom is -0.367 e. The molecule has 0 radical (unpaired) electrons. The van der Waals surface area contributed by atoms with Crippen LogP contribution in [0.25, 0.3) is 0 Å². The molecule has 7 nitrogen and oxygen atoms in total. The fourth-order valence-electron chi connectivity index (χ4n) is 3.34. The zero-order chi connectivity index (χ0) is 19.9. The number of nitrogens with one attached hydrogen (secondary N) is 2. The number of hydrogen-bond acceptors (Lipinski definition) is 4. The molecule has 1 atom stereocenters. The van der Waals surface area contributed by atoms with Crippen molar-refractivity contribution in [2.24, 2.45) is 12.0 Å². The van der Waals surface area contributed by atoms with Gasteiger partial charge in [0, 0.05) is 44.5 Å². The van der Waals surface area contributed by atoms with Crippen LogP contribution in [0.4, 0.5) is 10.1 Å². The predicted molar refractivity (Wildman–Crippen MR) is 108 cm³/mol. The maximum atomic E-state index is 14.0. The first kappa shape index (κ1) is 19.7. The molecule has 28 heavy (non-hydrogen) atoms. The number of rotatable bonds is 5. The van der Waals surface area contributed by atoms with Gasteiger partial charge in [-0.15, -0.1) is 0 Å². The Hall–Kier alpha value is -3.08. The van der Waals surface area contributed by atoms with E-state index >= 15 is 0 Å². The first-order valence-corrected chi connectivity index (χ1v) is 9.56. The zero-order valence-electron chi connectivity index (χ0n) is 16.3. The van der Waals surface area contributed by atoms with Gasteiger partial charge in [0.05, 0.1) is 30.1 Å². The maximum Gasteiger partial charge on any atom is 0.191 e. The number of anilines is 1. The van der Waals surface area contributed by atoms with Crippen LogP contribution in [-0.4, -0.2) is 41.4 Å². The average Bonchev–Trinajstić information content (AvgIpc) is 3.14. The summed E-state index contributed by atoms with van der Waals surface area (Å²) in [5, 5.41) is 19.9. The van der Waals surface area contributed by atoms with E-state index in [2.05, 4.69) is 25.6 Å². The molecule has 3 rings (SSSR count). The van der Waals surface area contributed by atoms with Crippen molar-refractivity contribution in [1.29, 1.82) is 5.26 Å². The molecule has 1 fully saturated rings. The molecule has 0 saturated carbocycles. The molecule has 2 N–H and O–H groups in total. The third-order valence-electron chi connectivity index (χ3n) is 4.75. The normalized spacial score (nSPS) is 17.3. The molecule has 1 aromatic heterocycles. The molecule has 1 saturated heterocycles. The largest absolute Gasteiger partial charge is 0.367 e. The highest BCUT2D eigenvalue weighted by atomic mass is 19.1. The van der Waals surface area contributed by atoms with E-state index in [1.165, 1.54) is 12.1 Å². The summed E-state index contributed by atoms with van der Waals surface area (Å²) in [6.07, 6.45) is 6.02. The van der Waals surface area contributed by atoms with Gasteiger partial charge in [-0.2, -0.15) is 10.4 Å². The van der Waals surface area contributed by atoms with Crippen LogP contribution in [0.15, 0.2) is 35.6 Å². The summed E-state index contributed by atoms with van der Waals surface area (Å²) in [4.78, 5) is 6.84. The van der Waals surface area contributed by atoms with Crippen molar-refractivity contribution in [3.63, 3.8) is 0 Å². The third kappa shape index (κ3) is 5.00. The quantitative estimate of drug-likeness (QED) is 0.611. The Balaban J connectivity index is 1.67. The van der Waals surface area contributed by atoms with Crippen LogP contribution in [0.5, 0.6) is 0 Å². The van der Waals surface area contributed by atoms with Gasteiger partial charge >= 0.3 is 0 Å². The molecule has 1 aliphatic rings. The van der Waals surface area contributed by atoms with Gasteiger partial charge in [-0.05, 0) is 38.0 Å². The molecule has 1 aliphatic heterocycles. The van der Waals surface area contributed by atoms with Gasteiger partial charge in [-0.3, -0.25) is 4.68 Å². The van der Waals surface area contributed by atoms with Gasteiger partial charge in [-0.1, -0.05) is 0 Å². The summed E-state index contributed by atoms with van der Waals surface area (Å²) >= 11 is 0. The molecule has 0 amide bonds. The second kappa shape index (κ2) is 9.22. The molecular formula is C20H26FN7. The van der Waals surface area contributed by atoms with Crippen molar-refractivity contribution < 1.29 is 4.39 Å². The van der Waals surface area contributed by atoms with Crippen LogP contribution in [0.2, 0.25) is 0 Å². The van der Waals surface area contributed by atoms with Crippen molar-refractivity contribution in [2.45, 2.75) is 32.4 Å². The van der Waals surface area contributed by atoms with E-state index in [-0.39, 0.29) is 18.4 Å². The van der Waals surface area contributed by atoms with Crippen molar-refractivity contribution >= 4 is 11.6 Å². The van der Waals surface area contributed by atoms with Gasteiger partial charge in [-0.25, -0.2) is 9.38 Å². The molecule has 2 aromatic rings. The van der Waals surface area contributed by atoms with Crippen molar-refractivity contribution in [3.8, 4) is 6.07 Å². The Morgan fingerprint density at radius 2 is 2.32 bits per heavy atom. The first-order chi connectivity index (χ1) is 13.6. The average molecular weight is 383 g/mol. The smallest absolute Gasteiger partial charge is 0.191 e. The second-order valence-electron chi connectivity index (χ2n) is 6.91. The maximum absolute atomic E-state index is 14.0. The van der Waals surface area contributed by atoms with Crippen LogP contribution >= 0.6 is 0 Å². The van der Waals surface area contributed by atoms with Crippen LogP contribution in [0, 0.1) is 17.1 Å². The molecular weight excluding hydrogens is 357 g/mol. The summed E-state index contributed by atoms with van der Waals surface area (Å²) in [7, 11) is 1.92. The van der Waals surface area contributed by atoms with Gasteiger partial charge < -0.3 is 15.5 Å². The topological polar surface area (TPSA) is 81.3 Å². The van der Waals surface area contributed by atoms with Crippen LogP contribution in [0.3, 0.4) is 0 Å². The Labute approximate surface area is 164 Å². The lowest BCUT2D eigenvalue weighted by atomic mass is 10.1. The van der Waals surface area contributed by atoms with Crippen molar-refractivity contribution in [3.05, 3.63) is 47.5 Å². The van der Waals surface area contributed by atoms with Gasteiger partial charge in [0.25, 0.3) is 0 Å². The number of piperidine rings is 1. The number of aliphatic imine (C=N–C) groups is 1. The summed E-state index contributed by atoms with van der Waals surface area (Å²) in [6, 6.07) is 6.61. The van der Waals surface area contributed by atoms with Crippen LogP contribution in [0.1, 0.15) is 30.9 Å². The van der Waals surface area contributed by atoms with E-state index in [1.54, 1.807) is 6.07 Å². The molecule has 1 unspecified atom stereocenters.